The predicted octanol–water partition coefficient (Wildman–Crippen LogP) is 4.11. The quantitative estimate of drug-likeness (QED) is 0.809. The first-order valence-electron chi connectivity index (χ1n) is 6.44. The van der Waals surface area contributed by atoms with E-state index in [1.54, 1.807) is 0 Å². The maximum atomic E-state index is 5.90. The van der Waals surface area contributed by atoms with Crippen LogP contribution in [0.5, 0.6) is 5.75 Å². The standard InChI is InChI=1S/C16H20N2O/c1-11(2)19-16-9-13(17)8-15(10-16)18-14-6-4-5-12(3)7-14/h4-11,18H,17H2,1-3H3. The highest BCUT2D eigenvalue weighted by Crippen LogP contribution is 2.26. The second kappa shape index (κ2) is 5.65. The second-order valence-corrected chi connectivity index (χ2v) is 4.95. The lowest BCUT2D eigenvalue weighted by molar-refractivity contribution is 0.242. The number of rotatable bonds is 4. The summed E-state index contributed by atoms with van der Waals surface area (Å²) in [6.45, 7) is 6.06. The number of nitrogen functional groups attached to an aromatic ring is 1. The van der Waals surface area contributed by atoms with Crippen molar-refractivity contribution in [1.82, 2.24) is 0 Å². The van der Waals surface area contributed by atoms with Crippen molar-refractivity contribution < 1.29 is 4.74 Å². The molecule has 0 atom stereocenters. The van der Waals surface area contributed by atoms with Crippen LogP contribution in [0.1, 0.15) is 19.4 Å². The van der Waals surface area contributed by atoms with E-state index in [-0.39, 0.29) is 6.10 Å². The molecule has 3 nitrogen and oxygen atoms in total. The maximum absolute atomic E-state index is 5.90. The molecule has 2 aromatic rings. The molecule has 0 aliphatic heterocycles. The topological polar surface area (TPSA) is 47.3 Å². The van der Waals surface area contributed by atoms with Gasteiger partial charge in [-0.15, -0.1) is 0 Å². The molecule has 0 unspecified atom stereocenters. The van der Waals surface area contributed by atoms with Crippen LogP contribution in [0.15, 0.2) is 42.5 Å². The van der Waals surface area contributed by atoms with Gasteiger partial charge in [-0.1, -0.05) is 12.1 Å². The summed E-state index contributed by atoms with van der Waals surface area (Å²) in [5.41, 5.74) is 9.78. The fourth-order valence-corrected chi connectivity index (χ4v) is 1.92. The Hall–Kier alpha value is -2.16. The molecule has 0 radical (unpaired) electrons. The first-order valence-corrected chi connectivity index (χ1v) is 6.44. The Bertz CT molecular complexity index is 564. The summed E-state index contributed by atoms with van der Waals surface area (Å²) in [5.74, 6) is 0.783. The Morgan fingerprint density at radius 2 is 1.84 bits per heavy atom. The molecule has 0 spiro atoms. The third kappa shape index (κ3) is 3.91. The zero-order chi connectivity index (χ0) is 13.8. The van der Waals surface area contributed by atoms with Gasteiger partial charge in [0.1, 0.15) is 5.75 Å². The van der Waals surface area contributed by atoms with Gasteiger partial charge in [-0.05, 0) is 44.5 Å². The maximum Gasteiger partial charge on any atom is 0.123 e. The first-order chi connectivity index (χ1) is 9.02. The summed E-state index contributed by atoms with van der Waals surface area (Å²) >= 11 is 0. The van der Waals surface area contributed by atoms with E-state index in [1.165, 1.54) is 5.56 Å². The van der Waals surface area contributed by atoms with Crippen molar-refractivity contribution in [3.05, 3.63) is 48.0 Å². The van der Waals surface area contributed by atoms with Crippen molar-refractivity contribution in [3.8, 4) is 5.75 Å². The smallest absolute Gasteiger partial charge is 0.123 e. The van der Waals surface area contributed by atoms with Gasteiger partial charge in [-0.25, -0.2) is 0 Å². The van der Waals surface area contributed by atoms with Crippen molar-refractivity contribution in [2.24, 2.45) is 0 Å². The number of hydrogen-bond donors (Lipinski definition) is 2. The summed E-state index contributed by atoms with van der Waals surface area (Å²) < 4.78 is 5.68. The molecule has 0 amide bonds. The molecule has 2 rings (SSSR count). The minimum atomic E-state index is 0.133. The van der Waals surface area contributed by atoms with Crippen LogP contribution in [0.2, 0.25) is 0 Å². The summed E-state index contributed by atoms with van der Waals surface area (Å²) in [7, 11) is 0. The number of anilines is 3. The molecule has 100 valence electrons. The molecular weight excluding hydrogens is 236 g/mol. The van der Waals surface area contributed by atoms with E-state index in [4.69, 9.17) is 10.5 Å². The van der Waals surface area contributed by atoms with E-state index in [0.717, 1.165) is 17.1 Å². The Morgan fingerprint density at radius 3 is 2.53 bits per heavy atom. The van der Waals surface area contributed by atoms with Gasteiger partial charge >= 0.3 is 0 Å². The van der Waals surface area contributed by atoms with E-state index in [2.05, 4.69) is 24.4 Å². The summed E-state index contributed by atoms with van der Waals surface area (Å²) in [4.78, 5) is 0. The lowest BCUT2D eigenvalue weighted by Gasteiger charge is -2.13. The molecule has 3 heteroatoms. The van der Waals surface area contributed by atoms with Crippen molar-refractivity contribution in [2.75, 3.05) is 11.1 Å². The van der Waals surface area contributed by atoms with Gasteiger partial charge in [0.05, 0.1) is 6.10 Å². The Balaban J connectivity index is 2.22. The monoisotopic (exact) mass is 256 g/mol. The number of nitrogens with one attached hydrogen (secondary N) is 1. The first kappa shape index (κ1) is 13.3. The minimum absolute atomic E-state index is 0.133. The summed E-state index contributed by atoms with van der Waals surface area (Å²) in [6, 6.07) is 13.9. The Morgan fingerprint density at radius 1 is 1.05 bits per heavy atom. The molecular formula is C16H20N2O. The van der Waals surface area contributed by atoms with Crippen LogP contribution in [-0.4, -0.2) is 6.10 Å². The molecule has 0 fully saturated rings. The van der Waals surface area contributed by atoms with Gasteiger partial charge in [-0.2, -0.15) is 0 Å². The molecule has 0 aliphatic carbocycles. The van der Waals surface area contributed by atoms with Crippen LogP contribution >= 0.6 is 0 Å². The Kier molecular flexibility index (Phi) is 3.95. The van der Waals surface area contributed by atoms with Crippen LogP contribution in [0.3, 0.4) is 0 Å². The third-order valence-electron chi connectivity index (χ3n) is 2.61. The van der Waals surface area contributed by atoms with E-state index >= 15 is 0 Å². The van der Waals surface area contributed by atoms with Gasteiger partial charge in [0.25, 0.3) is 0 Å². The highest BCUT2D eigenvalue weighted by atomic mass is 16.5. The van der Waals surface area contributed by atoms with Crippen LogP contribution in [0, 0.1) is 6.92 Å². The van der Waals surface area contributed by atoms with E-state index in [0.29, 0.717) is 5.69 Å². The largest absolute Gasteiger partial charge is 0.491 e. The SMILES string of the molecule is Cc1cccc(Nc2cc(N)cc(OC(C)C)c2)c1. The molecule has 0 bridgehead atoms. The predicted molar refractivity (Wildman–Crippen MR) is 81.1 cm³/mol. The number of benzene rings is 2. The second-order valence-electron chi connectivity index (χ2n) is 4.95. The normalized spacial score (nSPS) is 10.5. The summed E-state index contributed by atoms with van der Waals surface area (Å²) in [6.07, 6.45) is 0.133. The van der Waals surface area contributed by atoms with Crippen LogP contribution in [0.4, 0.5) is 17.1 Å². The van der Waals surface area contributed by atoms with Crippen molar-refractivity contribution in [1.29, 1.82) is 0 Å². The fraction of sp³-hybridized carbons (Fsp3) is 0.250. The molecule has 19 heavy (non-hydrogen) atoms. The van der Waals surface area contributed by atoms with Crippen molar-refractivity contribution in [3.63, 3.8) is 0 Å². The number of ether oxygens (including phenoxy) is 1. The molecule has 0 saturated carbocycles. The molecule has 2 aromatic carbocycles. The molecule has 0 aliphatic rings. The van der Waals surface area contributed by atoms with Crippen molar-refractivity contribution >= 4 is 17.1 Å². The number of hydrogen-bond acceptors (Lipinski definition) is 3. The van der Waals surface area contributed by atoms with Gasteiger partial charge in [-0.3, -0.25) is 0 Å². The van der Waals surface area contributed by atoms with Gasteiger partial charge in [0.2, 0.25) is 0 Å². The van der Waals surface area contributed by atoms with Crippen LogP contribution in [0.25, 0.3) is 0 Å². The van der Waals surface area contributed by atoms with Gasteiger partial charge < -0.3 is 15.8 Å². The number of nitrogens with two attached hydrogens (primary N) is 1. The minimum Gasteiger partial charge on any atom is -0.491 e. The number of aryl methyl sites for hydroxylation is 1. The average Bonchev–Trinajstić information content (AvgIpc) is 2.26. The average molecular weight is 256 g/mol. The van der Waals surface area contributed by atoms with Crippen LogP contribution < -0.4 is 15.8 Å². The Labute approximate surface area is 114 Å². The van der Waals surface area contributed by atoms with Crippen LogP contribution in [-0.2, 0) is 0 Å². The zero-order valence-electron chi connectivity index (χ0n) is 11.6. The molecule has 3 N–H and O–H groups in total. The third-order valence-corrected chi connectivity index (χ3v) is 2.61. The summed E-state index contributed by atoms with van der Waals surface area (Å²) in [5, 5.41) is 3.34. The molecule has 0 heterocycles. The molecule has 0 aromatic heterocycles. The lowest BCUT2D eigenvalue weighted by atomic mass is 10.2. The lowest BCUT2D eigenvalue weighted by Crippen LogP contribution is -2.06. The van der Waals surface area contributed by atoms with E-state index < -0.39 is 0 Å². The van der Waals surface area contributed by atoms with E-state index in [9.17, 15) is 0 Å². The van der Waals surface area contributed by atoms with Gasteiger partial charge in [0, 0.05) is 29.2 Å². The molecule has 0 saturated heterocycles. The zero-order valence-corrected chi connectivity index (χ0v) is 11.6. The fourth-order valence-electron chi connectivity index (χ4n) is 1.92. The van der Waals surface area contributed by atoms with Gasteiger partial charge in [0.15, 0.2) is 0 Å². The van der Waals surface area contributed by atoms with E-state index in [1.807, 2.05) is 44.2 Å². The highest BCUT2D eigenvalue weighted by molar-refractivity contribution is 5.66. The van der Waals surface area contributed by atoms with Crippen molar-refractivity contribution in [2.45, 2.75) is 26.9 Å². The highest BCUT2D eigenvalue weighted by Gasteiger charge is 2.03.